The molecule has 0 bridgehead atoms. The Balaban J connectivity index is 1.85. The summed E-state index contributed by atoms with van der Waals surface area (Å²) in [4.78, 5) is 31.1. The number of halogens is 1. The summed E-state index contributed by atoms with van der Waals surface area (Å²) in [6, 6.07) is 12.5. The van der Waals surface area contributed by atoms with E-state index in [1.165, 1.54) is 11.2 Å². The maximum absolute atomic E-state index is 12.8. The van der Waals surface area contributed by atoms with Crippen LogP contribution in [0.3, 0.4) is 0 Å². The monoisotopic (exact) mass is 394 g/mol. The number of carbonyl (C=O) groups excluding carboxylic acids is 2. The Kier molecular flexibility index (Phi) is 4.71. The molecular weight excluding hydrogens is 380 g/mol. The Bertz CT molecular complexity index is 1040. The van der Waals surface area contributed by atoms with Gasteiger partial charge in [-0.05, 0) is 48.0 Å². The number of nitrogens with zero attached hydrogens (tertiary/aromatic N) is 2. The highest BCUT2D eigenvalue weighted by atomic mass is 35.5. The molecule has 0 spiro atoms. The van der Waals surface area contributed by atoms with Crippen LogP contribution in [0.15, 0.2) is 77.2 Å². The minimum absolute atomic E-state index is 0.00637. The van der Waals surface area contributed by atoms with Crippen LogP contribution >= 0.6 is 11.6 Å². The average molecular weight is 395 g/mol. The number of hydrogen-bond donors (Lipinski definition) is 1. The molecule has 3 aromatic rings. The van der Waals surface area contributed by atoms with E-state index in [0.717, 1.165) is 0 Å². The van der Waals surface area contributed by atoms with Crippen LogP contribution in [0.5, 0.6) is 0 Å². The third-order valence-electron chi connectivity index (χ3n) is 4.56. The van der Waals surface area contributed by atoms with Gasteiger partial charge in [-0.3, -0.25) is 14.6 Å². The normalized spacial score (nSPS) is 18.6. The van der Waals surface area contributed by atoms with Crippen molar-refractivity contribution in [2.75, 3.05) is 0 Å². The van der Waals surface area contributed by atoms with Crippen LogP contribution in [0.25, 0.3) is 5.76 Å². The van der Waals surface area contributed by atoms with E-state index >= 15 is 0 Å². The van der Waals surface area contributed by atoms with Crippen molar-refractivity contribution in [3.63, 3.8) is 0 Å². The van der Waals surface area contributed by atoms with Gasteiger partial charge >= 0.3 is 0 Å². The van der Waals surface area contributed by atoms with Crippen molar-refractivity contribution in [1.29, 1.82) is 0 Å². The maximum Gasteiger partial charge on any atom is 0.296 e. The minimum Gasteiger partial charge on any atom is -0.507 e. The number of rotatable bonds is 4. The molecule has 0 unspecified atom stereocenters. The molecule has 0 saturated carbocycles. The van der Waals surface area contributed by atoms with E-state index in [0.29, 0.717) is 21.9 Å². The average Bonchev–Trinajstić information content (AvgIpc) is 3.31. The molecule has 28 heavy (non-hydrogen) atoms. The summed E-state index contributed by atoms with van der Waals surface area (Å²) in [6.45, 7) is 0.0918. The summed E-state index contributed by atoms with van der Waals surface area (Å²) in [5.74, 6) is -1.19. The standard InChI is InChI=1S/C21H15ClN2O4/c22-15-7-5-13(6-8-15)19(25)17-18(14-3-1-9-23-11-14)24(21(27)20(17)26)12-16-4-2-10-28-16/h1-11,18,25H,12H2/t18-/m0/s1. The van der Waals surface area contributed by atoms with E-state index in [-0.39, 0.29) is 17.9 Å². The van der Waals surface area contributed by atoms with E-state index in [9.17, 15) is 14.7 Å². The summed E-state index contributed by atoms with van der Waals surface area (Å²) >= 11 is 5.91. The SMILES string of the molecule is O=C1C(=O)N(Cc2ccco2)[C@@H](c2cccnc2)C1=C(O)c1ccc(Cl)cc1. The molecule has 0 radical (unpaired) electrons. The number of furan rings is 1. The van der Waals surface area contributed by atoms with E-state index in [1.807, 2.05) is 0 Å². The largest absolute Gasteiger partial charge is 0.507 e. The van der Waals surface area contributed by atoms with Gasteiger partial charge in [0.05, 0.1) is 24.4 Å². The van der Waals surface area contributed by atoms with E-state index in [4.69, 9.17) is 16.0 Å². The van der Waals surface area contributed by atoms with Crippen molar-refractivity contribution in [1.82, 2.24) is 9.88 Å². The number of amides is 1. The van der Waals surface area contributed by atoms with Crippen molar-refractivity contribution in [3.05, 3.63) is 94.7 Å². The molecule has 4 rings (SSSR count). The van der Waals surface area contributed by atoms with Crippen molar-refractivity contribution >= 4 is 29.1 Å². The summed E-state index contributed by atoms with van der Waals surface area (Å²) in [5.41, 5.74) is 1.02. The summed E-state index contributed by atoms with van der Waals surface area (Å²) < 4.78 is 5.34. The number of benzene rings is 1. The van der Waals surface area contributed by atoms with Crippen LogP contribution in [0.4, 0.5) is 0 Å². The van der Waals surface area contributed by atoms with Gasteiger partial charge in [-0.25, -0.2) is 0 Å². The zero-order chi connectivity index (χ0) is 19.7. The summed E-state index contributed by atoms with van der Waals surface area (Å²) in [7, 11) is 0. The molecule has 1 saturated heterocycles. The Morgan fingerprint density at radius 3 is 2.57 bits per heavy atom. The third kappa shape index (κ3) is 3.18. The third-order valence-corrected chi connectivity index (χ3v) is 4.82. The quantitative estimate of drug-likeness (QED) is 0.411. The van der Waals surface area contributed by atoms with Crippen molar-refractivity contribution in [3.8, 4) is 0 Å². The second-order valence-electron chi connectivity index (χ2n) is 6.30. The zero-order valence-corrected chi connectivity index (χ0v) is 15.3. The van der Waals surface area contributed by atoms with Crippen molar-refractivity contribution < 1.29 is 19.1 Å². The van der Waals surface area contributed by atoms with Gasteiger partial charge < -0.3 is 14.4 Å². The van der Waals surface area contributed by atoms with Gasteiger partial charge in [-0.15, -0.1) is 0 Å². The number of aromatic nitrogens is 1. The van der Waals surface area contributed by atoms with Crippen LogP contribution in [-0.4, -0.2) is 26.7 Å². The summed E-state index contributed by atoms with van der Waals surface area (Å²) in [6.07, 6.45) is 4.67. The van der Waals surface area contributed by atoms with Gasteiger partial charge in [-0.2, -0.15) is 0 Å². The topological polar surface area (TPSA) is 83.6 Å². The highest BCUT2D eigenvalue weighted by Gasteiger charge is 2.46. The van der Waals surface area contributed by atoms with Crippen LogP contribution < -0.4 is 0 Å². The minimum atomic E-state index is -0.783. The van der Waals surface area contributed by atoms with Crippen molar-refractivity contribution in [2.24, 2.45) is 0 Å². The number of aliphatic hydroxyl groups excluding tert-OH is 1. The molecule has 1 fully saturated rings. The Morgan fingerprint density at radius 1 is 1.14 bits per heavy atom. The molecule has 1 atom stereocenters. The van der Waals surface area contributed by atoms with E-state index in [2.05, 4.69) is 4.98 Å². The Morgan fingerprint density at radius 2 is 1.93 bits per heavy atom. The fourth-order valence-corrected chi connectivity index (χ4v) is 3.39. The van der Waals surface area contributed by atoms with Crippen molar-refractivity contribution in [2.45, 2.75) is 12.6 Å². The molecular formula is C21H15ClN2O4. The van der Waals surface area contributed by atoms with Crippen LogP contribution in [0.1, 0.15) is 22.9 Å². The lowest BCUT2D eigenvalue weighted by Crippen LogP contribution is -2.29. The smallest absolute Gasteiger partial charge is 0.296 e. The molecule has 1 N–H and O–H groups in total. The first-order chi connectivity index (χ1) is 13.6. The number of ketones is 1. The predicted octanol–water partition coefficient (Wildman–Crippen LogP) is 3.95. The molecule has 1 aliphatic rings. The number of likely N-dealkylation sites (tertiary alicyclic amines) is 1. The molecule has 2 aromatic heterocycles. The predicted molar refractivity (Wildman–Crippen MR) is 102 cm³/mol. The van der Waals surface area contributed by atoms with Gasteiger partial charge in [0.15, 0.2) is 0 Å². The molecule has 7 heteroatoms. The number of pyridine rings is 1. The van der Waals surface area contributed by atoms with Gasteiger partial charge in [-0.1, -0.05) is 17.7 Å². The van der Waals surface area contributed by atoms with Crippen LogP contribution in [0.2, 0.25) is 5.02 Å². The highest BCUT2D eigenvalue weighted by molar-refractivity contribution is 6.46. The van der Waals surface area contributed by atoms with E-state index in [1.54, 1.807) is 60.9 Å². The fourth-order valence-electron chi connectivity index (χ4n) is 3.26. The van der Waals surface area contributed by atoms with Gasteiger partial charge in [0.2, 0.25) is 0 Å². The molecule has 1 aromatic carbocycles. The fraction of sp³-hybridized carbons (Fsp3) is 0.0952. The Labute approximate surface area is 165 Å². The number of carbonyl (C=O) groups is 2. The molecule has 6 nitrogen and oxygen atoms in total. The molecule has 140 valence electrons. The Hall–Kier alpha value is -3.38. The zero-order valence-electron chi connectivity index (χ0n) is 14.6. The maximum atomic E-state index is 12.8. The first kappa shape index (κ1) is 18.0. The lowest BCUT2D eigenvalue weighted by atomic mass is 9.96. The summed E-state index contributed by atoms with van der Waals surface area (Å²) in [5, 5.41) is 11.4. The molecule has 1 aliphatic heterocycles. The first-order valence-electron chi connectivity index (χ1n) is 8.53. The first-order valence-corrected chi connectivity index (χ1v) is 8.90. The van der Waals surface area contributed by atoms with Crippen LogP contribution in [-0.2, 0) is 16.1 Å². The second kappa shape index (κ2) is 7.32. The molecule has 1 amide bonds. The second-order valence-corrected chi connectivity index (χ2v) is 6.74. The number of Topliss-reactive ketones (excluding diaryl/α,β-unsaturated/α-hetero) is 1. The lowest BCUT2D eigenvalue weighted by molar-refractivity contribution is -0.140. The van der Waals surface area contributed by atoms with Gasteiger partial charge in [0.25, 0.3) is 11.7 Å². The molecule has 3 heterocycles. The van der Waals surface area contributed by atoms with E-state index < -0.39 is 17.7 Å². The lowest BCUT2D eigenvalue weighted by Gasteiger charge is -2.24. The van der Waals surface area contributed by atoms with Gasteiger partial charge in [0, 0.05) is 23.0 Å². The van der Waals surface area contributed by atoms with Crippen LogP contribution in [0, 0.1) is 0 Å². The highest BCUT2D eigenvalue weighted by Crippen LogP contribution is 2.40. The number of hydrogen-bond acceptors (Lipinski definition) is 5. The molecule has 0 aliphatic carbocycles. The number of aliphatic hydroxyl groups is 1. The van der Waals surface area contributed by atoms with Gasteiger partial charge in [0.1, 0.15) is 11.5 Å².